The zero-order valence-corrected chi connectivity index (χ0v) is 11.6. The van der Waals surface area contributed by atoms with Gasteiger partial charge in [0.2, 0.25) is 0 Å². The van der Waals surface area contributed by atoms with E-state index < -0.39 is 22.8 Å². The summed E-state index contributed by atoms with van der Waals surface area (Å²) < 4.78 is 0. The first-order valence-electron chi connectivity index (χ1n) is 6.68. The molecule has 1 amide bonds. The quantitative estimate of drug-likeness (QED) is 0.675. The summed E-state index contributed by atoms with van der Waals surface area (Å²) in [5.74, 6) is -1.43. The Morgan fingerprint density at radius 1 is 1.48 bits per heavy atom. The van der Waals surface area contributed by atoms with Crippen molar-refractivity contribution in [2.75, 3.05) is 6.54 Å². The molecule has 1 atom stereocenters. The van der Waals surface area contributed by atoms with Crippen molar-refractivity contribution < 1.29 is 19.6 Å². The number of likely N-dealkylation sites (tertiary alicyclic amines) is 1. The molecule has 0 spiro atoms. The number of nitro benzene ring substituents is 1. The number of aryl methyl sites for hydroxylation is 1. The second kappa shape index (κ2) is 5.90. The summed E-state index contributed by atoms with van der Waals surface area (Å²) in [4.78, 5) is 35.4. The van der Waals surface area contributed by atoms with Crippen molar-refractivity contribution in [1.82, 2.24) is 4.90 Å². The first-order chi connectivity index (χ1) is 9.91. The Balaban J connectivity index is 2.36. The fourth-order valence-corrected chi connectivity index (χ4v) is 2.74. The van der Waals surface area contributed by atoms with Crippen LogP contribution in [0.4, 0.5) is 5.69 Å². The third kappa shape index (κ3) is 3.01. The van der Waals surface area contributed by atoms with Crippen molar-refractivity contribution in [2.24, 2.45) is 0 Å². The number of carboxylic acid groups (broad SMARTS) is 1. The molecule has 21 heavy (non-hydrogen) atoms. The fraction of sp³-hybridized carbons (Fsp3) is 0.429. The van der Waals surface area contributed by atoms with Gasteiger partial charge in [0, 0.05) is 18.7 Å². The molecule has 7 nitrogen and oxygen atoms in total. The number of nitrogens with zero attached hydrogens (tertiary/aromatic N) is 2. The van der Waals surface area contributed by atoms with Crippen LogP contribution in [0, 0.1) is 17.0 Å². The molecule has 7 heteroatoms. The molecule has 0 bridgehead atoms. The van der Waals surface area contributed by atoms with Crippen LogP contribution in [0.1, 0.15) is 35.2 Å². The number of benzene rings is 1. The summed E-state index contributed by atoms with van der Waals surface area (Å²) in [5, 5.41) is 20.0. The van der Waals surface area contributed by atoms with E-state index in [1.165, 1.54) is 17.0 Å². The van der Waals surface area contributed by atoms with E-state index in [1.807, 2.05) is 0 Å². The van der Waals surface area contributed by atoms with E-state index in [1.54, 1.807) is 13.0 Å². The molecule has 1 saturated heterocycles. The molecule has 0 saturated carbocycles. The second-order valence-corrected chi connectivity index (χ2v) is 5.12. The highest BCUT2D eigenvalue weighted by atomic mass is 16.6. The van der Waals surface area contributed by atoms with E-state index in [0.29, 0.717) is 24.9 Å². The summed E-state index contributed by atoms with van der Waals surface area (Å²) in [6.45, 7) is 2.07. The number of amides is 1. The SMILES string of the molecule is Cc1cccc([N+](=O)[O-])c1C(=O)N1CCCC1CC(=O)O. The van der Waals surface area contributed by atoms with Gasteiger partial charge in [-0.3, -0.25) is 19.7 Å². The number of hydrogen-bond acceptors (Lipinski definition) is 4. The summed E-state index contributed by atoms with van der Waals surface area (Å²) in [6.07, 6.45) is 1.19. The maximum Gasteiger partial charge on any atom is 0.305 e. The normalized spacial score (nSPS) is 17.8. The highest BCUT2D eigenvalue weighted by molar-refractivity contribution is 6.00. The third-order valence-electron chi connectivity index (χ3n) is 3.71. The number of rotatable bonds is 4. The lowest BCUT2D eigenvalue weighted by Crippen LogP contribution is -2.37. The topological polar surface area (TPSA) is 101 Å². The van der Waals surface area contributed by atoms with Crippen LogP contribution in [-0.2, 0) is 4.79 Å². The number of nitro groups is 1. The molecular weight excluding hydrogens is 276 g/mol. The van der Waals surface area contributed by atoms with E-state index in [0.717, 1.165) is 0 Å². The Bertz CT molecular complexity index is 599. The fourth-order valence-electron chi connectivity index (χ4n) is 2.74. The van der Waals surface area contributed by atoms with Crippen LogP contribution in [-0.4, -0.2) is 39.4 Å². The molecule has 1 N–H and O–H groups in total. The van der Waals surface area contributed by atoms with Crippen LogP contribution >= 0.6 is 0 Å². The van der Waals surface area contributed by atoms with Gasteiger partial charge < -0.3 is 10.0 Å². The van der Waals surface area contributed by atoms with E-state index in [4.69, 9.17) is 5.11 Å². The maximum atomic E-state index is 12.6. The highest BCUT2D eigenvalue weighted by Gasteiger charge is 2.34. The highest BCUT2D eigenvalue weighted by Crippen LogP contribution is 2.28. The van der Waals surface area contributed by atoms with Gasteiger partial charge in [-0.25, -0.2) is 0 Å². The van der Waals surface area contributed by atoms with Crippen LogP contribution in [0.2, 0.25) is 0 Å². The molecule has 1 aromatic rings. The van der Waals surface area contributed by atoms with Crippen LogP contribution in [0.3, 0.4) is 0 Å². The standard InChI is InChI=1S/C14H16N2O5/c1-9-4-2-6-11(16(20)21)13(9)14(19)15-7-3-5-10(15)8-12(17)18/h2,4,6,10H,3,5,7-8H2,1H3,(H,17,18). The van der Waals surface area contributed by atoms with Gasteiger partial charge >= 0.3 is 5.97 Å². The first kappa shape index (κ1) is 15.0. The number of hydrogen-bond donors (Lipinski definition) is 1. The van der Waals surface area contributed by atoms with Crippen molar-refractivity contribution in [3.63, 3.8) is 0 Å². The average Bonchev–Trinajstić information content (AvgIpc) is 2.84. The second-order valence-electron chi connectivity index (χ2n) is 5.12. The summed E-state index contributed by atoms with van der Waals surface area (Å²) in [6, 6.07) is 4.07. The van der Waals surface area contributed by atoms with Crippen molar-refractivity contribution in [3.05, 3.63) is 39.4 Å². The molecular formula is C14H16N2O5. The minimum Gasteiger partial charge on any atom is -0.481 e. The van der Waals surface area contributed by atoms with Crippen LogP contribution in [0.15, 0.2) is 18.2 Å². The van der Waals surface area contributed by atoms with Crippen LogP contribution in [0.25, 0.3) is 0 Å². The maximum absolute atomic E-state index is 12.6. The van der Waals surface area contributed by atoms with Gasteiger partial charge in [-0.1, -0.05) is 12.1 Å². The summed E-state index contributed by atoms with van der Waals surface area (Å²) >= 11 is 0. The molecule has 0 radical (unpaired) electrons. The van der Waals surface area contributed by atoms with Crippen LogP contribution in [0.5, 0.6) is 0 Å². The lowest BCUT2D eigenvalue weighted by atomic mass is 10.0. The number of carboxylic acids is 1. The monoisotopic (exact) mass is 292 g/mol. The van der Waals surface area contributed by atoms with Crippen molar-refractivity contribution >= 4 is 17.6 Å². The lowest BCUT2D eigenvalue weighted by molar-refractivity contribution is -0.385. The molecule has 0 aliphatic carbocycles. The molecule has 1 heterocycles. The van der Waals surface area contributed by atoms with Gasteiger partial charge in [0.15, 0.2) is 0 Å². The van der Waals surface area contributed by atoms with Gasteiger partial charge in [-0.05, 0) is 25.3 Å². The minimum atomic E-state index is -0.973. The van der Waals surface area contributed by atoms with Crippen molar-refractivity contribution in [2.45, 2.75) is 32.2 Å². The Labute approximate surface area is 121 Å². The number of carbonyl (C=O) groups excluding carboxylic acids is 1. The van der Waals surface area contributed by atoms with Gasteiger partial charge in [0.05, 0.1) is 11.3 Å². The van der Waals surface area contributed by atoms with Gasteiger partial charge in [0.25, 0.3) is 11.6 Å². The van der Waals surface area contributed by atoms with Gasteiger partial charge in [0.1, 0.15) is 5.56 Å². The zero-order chi connectivity index (χ0) is 15.6. The van der Waals surface area contributed by atoms with E-state index in [9.17, 15) is 19.7 Å². The molecule has 0 aromatic heterocycles. The smallest absolute Gasteiger partial charge is 0.305 e. The van der Waals surface area contributed by atoms with Gasteiger partial charge in [-0.15, -0.1) is 0 Å². The average molecular weight is 292 g/mol. The van der Waals surface area contributed by atoms with Crippen molar-refractivity contribution in [1.29, 1.82) is 0 Å². The molecule has 1 aromatic carbocycles. The molecule has 1 unspecified atom stereocenters. The molecule has 1 fully saturated rings. The predicted molar refractivity (Wildman–Crippen MR) is 74.1 cm³/mol. The van der Waals surface area contributed by atoms with Crippen LogP contribution < -0.4 is 0 Å². The van der Waals surface area contributed by atoms with Gasteiger partial charge in [-0.2, -0.15) is 0 Å². The molecule has 2 rings (SSSR count). The predicted octanol–water partition coefficient (Wildman–Crippen LogP) is 1.98. The molecule has 1 aliphatic rings. The Morgan fingerprint density at radius 2 is 2.19 bits per heavy atom. The summed E-state index contributed by atoms with van der Waals surface area (Å²) in [7, 11) is 0. The largest absolute Gasteiger partial charge is 0.481 e. The Kier molecular flexibility index (Phi) is 4.21. The molecule has 112 valence electrons. The lowest BCUT2D eigenvalue weighted by Gasteiger charge is -2.24. The van der Waals surface area contributed by atoms with E-state index in [-0.39, 0.29) is 17.7 Å². The third-order valence-corrected chi connectivity index (χ3v) is 3.71. The van der Waals surface area contributed by atoms with E-state index >= 15 is 0 Å². The first-order valence-corrected chi connectivity index (χ1v) is 6.68. The minimum absolute atomic E-state index is 0.0554. The Hall–Kier alpha value is -2.44. The summed E-state index contributed by atoms with van der Waals surface area (Å²) in [5.41, 5.74) is 0.343. The van der Waals surface area contributed by atoms with Crippen molar-refractivity contribution in [3.8, 4) is 0 Å². The Morgan fingerprint density at radius 3 is 2.81 bits per heavy atom. The molecule has 1 aliphatic heterocycles. The number of aliphatic carboxylic acids is 1. The van der Waals surface area contributed by atoms with E-state index in [2.05, 4.69) is 0 Å². The zero-order valence-electron chi connectivity index (χ0n) is 11.6. The number of carbonyl (C=O) groups is 2.